The topological polar surface area (TPSA) is 43.4 Å². The van der Waals surface area contributed by atoms with E-state index >= 15 is 0 Å². The van der Waals surface area contributed by atoms with Gasteiger partial charge in [-0.3, -0.25) is 9.59 Å². The summed E-state index contributed by atoms with van der Waals surface area (Å²) >= 11 is 3.61. The van der Waals surface area contributed by atoms with Gasteiger partial charge in [0.1, 0.15) is 6.61 Å². The predicted octanol–water partition coefficient (Wildman–Crippen LogP) is 8.17. The van der Waals surface area contributed by atoms with Gasteiger partial charge in [0.25, 0.3) is 0 Å². The fraction of sp³-hybridized carbons (Fsp3) is 0.786. The molecule has 0 spiro atoms. The van der Waals surface area contributed by atoms with Crippen LogP contribution in [-0.2, 0) is 14.3 Å². The zero-order chi connectivity index (χ0) is 24.1. The van der Waals surface area contributed by atoms with Gasteiger partial charge in [0.15, 0.2) is 5.78 Å². The Hall–Kier alpha value is -0.900. The Balaban J connectivity index is 2.12. The van der Waals surface area contributed by atoms with Crippen molar-refractivity contribution in [2.75, 3.05) is 6.61 Å². The Morgan fingerprint density at radius 3 is 2.56 bits per heavy atom. The lowest BCUT2D eigenvalue weighted by molar-refractivity contribution is -0.151. The van der Waals surface area contributed by atoms with Crippen molar-refractivity contribution < 1.29 is 14.3 Å². The standard InChI is InChI=1S/C28H45BrO3/c1-8-9-12-22(20(3)18-32-26(31)27(4,5)6)25(30)16-19(2)23-13-14-24-21(17-29)11-10-15-28(23,24)7/h17,19,23-24H,8-16,18H2,1-7H3/t19-,23-,24+,28-/m1/s1. The SMILES string of the molecule is CCCCC(C(=O)C[C@@H](C)[C@H]1CC[C@H]2C(=CBr)CCC[C@]12C)=C(C)COC(=O)C(C)(C)C. The molecule has 2 saturated carbocycles. The van der Waals surface area contributed by atoms with E-state index in [-0.39, 0.29) is 18.4 Å². The highest BCUT2D eigenvalue weighted by atomic mass is 79.9. The summed E-state index contributed by atoms with van der Waals surface area (Å²) in [4.78, 5) is 27.8. The number of unbranched alkanes of at least 4 members (excludes halogenated alkanes) is 1. The third kappa shape index (κ3) is 6.36. The lowest BCUT2D eigenvalue weighted by Gasteiger charge is -2.44. The van der Waals surface area contributed by atoms with Crippen molar-refractivity contribution in [3.8, 4) is 0 Å². The third-order valence-corrected chi connectivity index (χ3v) is 8.62. The van der Waals surface area contributed by atoms with Crippen LogP contribution in [0.5, 0.6) is 0 Å². The summed E-state index contributed by atoms with van der Waals surface area (Å²) in [5.74, 6) is 1.66. The summed E-state index contributed by atoms with van der Waals surface area (Å²) in [5, 5.41) is 0. The maximum atomic E-state index is 13.5. The monoisotopic (exact) mass is 508 g/mol. The molecule has 0 aromatic heterocycles. The largest absolute Gasteiger partial charge is 0.461 e. The van der Waals surface area contributed by atoms with E-state index < -0.39 is 5.41 Å². The minimum Gasteiger partial charge on any atom is -0.461 e. The van der Waals surface area contributed by atoms with Crippen molar-refractivity contribution >= 4 is 27.7 Å². The lowest BCUT2D eigenvalue weighted by Crippen LogP contribution is -2.36. The van der Waals surface area contributed by atoms with E-state index in [9.17, 15) is 9.59 Å². The molecule has 4 heteroatoms. The molecule has 2 aliphatic rings. The van der Waals surface area contributed by atoms with Crippen molar-refractivity contribution in [1.82, 2.24) is 0 Å². The van der Waals surface area contributed by atoms with Crippen molar-refractivity contribution in [2.45, 2.75) is 106 Å². The summed E-state index contributed by atoms with van der Waals surface area (Å²) < 4.78 is 5.54. The van der Waals surface area contributed by atoms with Crippen molar-refractivity contribution in [1.29, 1.82) is 0 Å². The van der Waals surface area contributed by atoms with Gasteiger partial charge in [-0.05, 0) is 112 Å². The van der Waals surface area contributed by atoms with Gasteiger partial charge in [-0.25, -0.2) is 0 Å². The minimum absolute atomic E-state index is 0.217. The Bertz CT molecular complexity index is 742. The van der Waals surface area contributed by atoms with Crippen LogP contribution in [0.4, 0.5) is 0 Å². The van der Waals surface area contributed by atoms with E-state index in [1.807, 2.05) is 27.7 Å². The number of hydrogen-bond donors (Lipinski definition) is 0. The summed E-state index contributed by atoms with van der Waals surface area (Å²) in [6.07, 6.45) is 9.61. The first-order valence-corrected chi connectivity index (χ1v) is 13.5. The van der Waals surface area contributed by atoms with Crippen LogP contribution in [0.3, 0.4) is 0 Å². The summed E-state index contributed by atoms with van der Waals surface area (Å²) in [6, 6.07) is 0. The molecule has 0 amide bonds. The number of hydrogen-bond acceptors (Lipinski definition) is 3. The fourth-order valence-corrected chi connectivity index (χ4v) is 6.67. The van der Waals surface area contributed by atoms with Crippen LogP contribution in [0, 0.1) is 28.6 Å². The summed E-state index contributed by atoms with van der Waals surface area (Å²) in [6.45, 7) is 14.7. The zero-order valence-electron chi connectivity index (χ0n) is 21.5. The molecule has 32 heavy (non-hydrogen) atoms. The van der Waals surface area contributed by atoms with Gasteiger partial charge in [-0.15, -0.1) is 0 Å². The van der Waals surface area contributed by atoms with E-state index in [0.29, 0.717) is 29.6 Å². The second-order valence-corrected chi connectivity index (χ2v) is 12.0. The summed E-state index contributed by atoms with van der Waals surface area (Å²) in [7, 11) is 0. The molecule has 0 aromatic carbocycles. The highest BCUT2D eigenvalue weighted by molar-refractivity contribution is 9.11. The number of ketones is 1. The van der Waals surface area contributed by atoms with E-state index in [1.54, 1.807) is 5.57 Å². The molecule has 0 N–H and O–H groups in total. The van der Waals surface area contributed by atoms with E-state index in [1.165, 1.54) is 32.1 Å². The molecule has 0 radical (unpaired) electrons. The molecular formula is C28H45BrO3. The Morgan fingerprint density at radius 1 is 1.28 bits per heavy atom. The van der Waals surface area contributed by atoms with E-state index in [0.717, 1.165) is 30.4 Å². The molecule has 2 rings (SSSR count). The van der Waals surface area contributed by atoms with E-state index in [4.69, 9.17) is 4.74 Å². The van der Waals surface area contributed by atoms with Crippen molar-refractivity contribution in [3.63, 3.8) is 0 Å². The molecule has 0 aromatic rings. The van der Waals surface area contributed by atoms with Crippen molar-refractivity contribution in [2.24, 2.45) is 28.6 Å². The number of ether oxygens (including phenoxy) is 1. The Morgan fingerprint density at radius 2 is 1.97 bits per heavy atom. The van der Waals surface area contributed by atoms with Crippen LogP contribution in [-0.4, -0.2) is 18.4 Å². The molecule has 0 bridgehead atoms. The predicted molar refractivity (Wildman–Crippen MR) is 137 cm³/mol. The van der Waals surface area contributed by atoms with Gasteiger partial charge in [-0.2, -0.15) is 0 Å². The first kappa shape index (κ1) is 27.3. The number of fused-ring (bicyclic) bond motifs is 1. The van der Waals surface area contributed by atoms with Crippen LogP contribution < -0.4 is 0 Å². The second kappa shape index (κ2) is 11.5. The van der Waals surface area contributed by atoms with Crippen LogP contribution in [0.1, 0.15) is 106 Å². The minimum atomic E-state index is -0.529. The second-order valence-electron chi connectivity index (χ2n) is 11.6. The number of allylic oxidation sites excluding steroid dienone is 2. The third-order valence-electron chi connectivity index (χ3n) is 8.04. The van der Waals surface area contributed by atoms with Gasteiger partial charge >= 0.3 is 5.97 Å². The zero-order valence-corrected chi connectivity index (χ0v) is 23.1. The molecule has 2 aliphatic carbocycles. The Labute approximate surface area is 205 Å². The molecular weight excluding hydrogens is 464 g/mol. The van der Waals surface area contributed by atoms with E-state index in [2.05, 4.69) is 41.7 Å². The average Bonchev–Trinajstić information content (AvgIpc) is 3.08. The molecule has 0 aliphatic heterocycles. The Kier molecular flexibility index (Phi) is 9.82. The molecule has 2 fully saturated rings. The number of halogens is 1. The molecule has 0 heterocycles. The highest BCUT2D eigenvalue weighted by Crippen LogP contribution is 2.59. The van der Waals surface area contributed by atoms with Gasteiger partial charge in [0.05, 0.1) is 5.41 Å². The molecule has 0 unspecified atom stereocenters. The van der Waals surface area contributed by atoms with Crippen LogP contribution in [0.25, 0.3) is 0 Å². The number of carbonyl (C=O) groups excluding carboxylic acids is 2. The van der Waals surface area contributed by atoms with Gasteiger partial charge < -0.3 is 4.74 Å². The number of carbonyl (C=O) groups is 2. The number of Topliss-reactive ketones (excluding diaryl/α,β-unsaturated/α-hetero) is 1. The quantitative estimate of drug-likeness (QED) is 0.233. The molecule has 3 nitrogen and oxygen atoms in total. The fourth-order valence-electron chi connectivity index (χ4n) is 6.13. The number of esters is 1. The van der Waals surface area contributed by atoms with Crippen LogP contribution >= 0.6 is 15.9 Å². The first-order valence-electron chi connectivity index (χ1n) is 12.6. The van der Waals surface area contributed by atoms with Gasteiger partial charge in [-0.1, -0.05) is 48.7 Å². The first-order chi connectivity index (χ1) is 15.0. The smallest absolute Gasteiger partial charge is 0.311 e. The molecule has 182 valence electrons. The molecule has 0 saturated heterocycles. The van der Waals surface area contributed by atoms with Gasteiger partial charge in [0, 0.05) is 6.42 Å². The maximum absolute atomic E-state index is 13.5. The van der Waals surface area contributed by atoms with Crippen LogP contribution in [0.15, 0.2) is 21.7 Å². The maximum Gasteiger partial charge on any atom is 0.311 e. The number of rotatable bonds is 9. The normalized spacial score (nSPS) is 28.8. The summed E-state index contributed by atoms with van der Waals surface area (Å²) in [5.41, 5.74) is 3.16. The highest BCUT2D eigenvalue weighted by Gasteiger charge is 2.50. The van der Waals surface area contributed by atoms with Crippen molar-refractivity contribution in [3.05, 3.63) is 21.7 Å². The average molecular weight is 510 g/mol. The lowest BCUT2D eigenvalue weighted by atomic mass is 9.61. The van der Waals surface area contributed by atoms with Gasteiger partial charge in [0.2, 0.25) is 0 Å². The molecule has 4 atom stereocenters. The van der Waals surface area contributed by atoms with Crippen LogP contribution in [0.2, 0.25) is 0 Å².